The molecule has 27 heavy (non-hydrogen) atoms. The Kier molecular flexibility index (Phi) is 3.93. The number of aromatic nitrogens is 2. The van der Waals surface area contributed by atoms with Gasteiger partial charge in [-0.1, -0.05) is 42.5 Å². The van der Waals surface area contributed by atoms with Crippen LogP contribution < -0.4 is 0 Å². The van der Waals surface area contributed by atoms with Gasteiger partial charge in [0.25, 0.3) is 0 Å². The number of carbonyl (C=O) groups excluding carboxylic acids is 1. The third-order valence-corrected chi connectivity index (χ3v) is 5.57. The first-order valence-electron chi connectivity index (χ1n) is 9.42. The second kappa shape index (κ2) is 6.58. The van der Waals surface area contributed by atoms with E-state index in [2.05, 4.69) is 21.5 Å². The third-order valence-electron chi connectivity index (χ3n) is 5.57. The van der Waals surface area contributed by atoms with Crippen LogP contribution >= 0.6 is 0 Å². The highest BCUT2D eigenvalue weighted by Gasteiger charge is 2.40. The van der Waals surface area contributed by atoms with E-state index in [4.69, 9.17) is 4.74 Å². The fraction of sp³-hybridized carbons (Fsp3) is 0.273. The molecular formula is C22H21N3O2. The van der Waals surface area contributed by atoms with E-state index in [1.165, 1.54) is 11.3 Å². The number of hydrogen-bond donors (Lipinski definition) is 0. The molecule has 1 fully saturated rings. The summed E-state index contributed by atoms with van der Waals surface area (Å²) < 4.78 is 7.71. The molecule has 5 heteroatoms. The zero-order valence-electron chi connectivity index (χ0n) is 15.0. The number of nitrogens with zero attached hydrogens (tertiary/aromatic N) is 3. The van der Waals surface area contributed by atoms with Crippen LogP contribution in [0.4, 0.5) is 4.79 Å². The highest BCUT2D eigenvalue weighted by atomic mass is 16.6. The van der Waals surface area contributed by atoms with Crippen LogP contribution in [0.25, 0.3) is 11.2 Å². The molecule has 5 rings (SSSR count). The molecule has 4 heterocycles. The second-order valence-electron chi connectivity index (χ2n) is 7.21. The van der Waals surface area contributed by atoms with Gasteiger partial charge in [0.1, 0.15) is 12.3 Å². The maximum absolute atomic E-state index is 12.7. The van der Waals surface area contributed by atoms with E-state index in [-0.39, 0.29) is 18.2 Å². The van der Waals surface area contributed by atoms with Crippen molar-refractivity contribution in [2.75, 3.05) is 0 Å². The molecule has 0 radical (unpaired) electrons. The number of rotatable bonds is 3. The Morgan fingerprint density at radius 2 is 2.00 bits per heavy atom. The minimum absolute atomic E-state index is 0.112. The quantitative estimate of drug-likeness (QED) is 0.701. The lowest BCUT2D eigenvalue weighted by atomic mass is 9.98. The van der Waals surface area contributed by atoms with Gasteiger partial charge in [0, 0.05) is 18.4 Å². The van der Waals surface area contributed by atoms with Crippen LogP contribution in [0, 0.1) is 0 Å². The van der Waals surface area contributed by atoms with Crippen LogP contribution in [0.15, 0.2) is 67.0 Å². The summed E-state index contributed by atoms with van der Waals surface area (Å²) in [6, 6.07) is 16.3. The number of imidazole rings is 1. The van der Waals surface area contributed by atoms with Gasteiger partial charge in [-0.25, -0.2) is 9.78 Å². The largest absolute Gasteiger partial charge is 0.445 e. The molecule has 1 amide bonds. The molecule has 2 unspecified atom stereocenters. The molecule has 0 aliphatic carbocycles. The smallest absolute Gasteiger partial charge is 0.410 e. The summed E-state index contributed by atoms with van der Waals surface area (Å²) in [4.78, 5) is 19.0. The minimum Gasteiger partial charge on any atom is -0.445 e. The maximum atomic E-state index is 12.7. The predicted octanol–water partition coefficient (Wildman–Crippen LogP) is 4.29. The Morgan fingerprint density at radius 1 is 1.11 bits per heavy atom. The molecule has 2 atom stereocenters. The van der Waals surface area contributed by atoms with Gasteiger partial charge in [-0.05, 0) is 42.5 Å². The van der Waals surface area contributed by atoms with E-state index in [9.17, 15) is 4.79 Å². The van der Waals surface area contributed by atoms with Gasteiger partial charge < -0.3 is 9.14 Å². The average molecular weight is 359 g/mol. The van der Waals surface area contributed by atoms with Crippen molar-refractivity contribution in [1.29, 1.82) is 0 Å². The molecule has 0 spiro atoms. The first-order chi connectivity index (χ1) is 13.3. The van der Waals surface area contributed by atoms with Crippen LogP contribution in [0.3, 0.4) is 0 Å². The molecule has 3 aromatic rings. The molecule has 2 aliphatic heterocycles. The molecule has 0 saturated carbocycles. The number of benzene rings is 1. The van der Waals surface area contributed by atoms with Crippen molar-refractivity contribution in [2.45, 2.75) is 38.0 Å². The van der Waals surface area contributed by atoms with Gasteiger partial charge in [0.15, 0.2) is 0 Å². The summed E-state index contributed by atoms with van der Waals surface area (Å²) in [5.41, 5.74) is 4.42. The van der Waals surface area contributed by atoms with E-state index in [0.29, 0.717) is 6.61 Å². The summed E-state index contributed by atoms with van der Waals surface area (Å²) in [7, 11) is 0. The summed E-state index contributed by atoms with van der Waals surface area (Å²) >= 11 is 0. The Balaban J connectivity index is 1.36. The molecule has 136 valence electrons. The summed E-state index contributed by atoms with van der Waals surface area (Å²) in [6.45, 7) is 0.320. The minimum atomic E-state index is -0.206. The van der Waals surface area contributed by atoms with E-state index in [1.54, 1.807) is 0 Å². The van der Waals surface area contributed by atoms with Gasteiger partial charge in [0.2, 0.25) is 0 Å². The van der Waals surface area contributed by atoms with E-state index >= 15 is 0 Å². The molecule has 2 aromatic heterocycles. The lowest BCUT2D eigenvalue weighted by molar-refractivity contribution is 0.0832. The molecular weight excluding hydrogens is 338 g/mol. The summed E-state index contributed by atoms with van der Waals surface area (Å²) in [5.74, 6) is 0. The summed E-state index contributed by atoms with van der Waals surface area (Å²) in [6.07, 6.45) is 8.72. The monoisotopic (exact) mass is 359 g/mol. The molecule has 5 nitrogen and oxygen atoms in total. The normalized spacial score (nSPS) is 21.3. The van der Waals surface area contributed by atoms with Crippen LogP contribution in [0.1, 0.15) is 30.5 Å². The predicted molar refractivity (Wildman–Crippen MR) is 103 cm³/mol. The Bertz CT molecular complexity index is 1010. The van der Waals surface area contributed by atoms with Crippen molar-refractivity contribution in [3.63, 3.8) is 0 Å². The highest BCUT2D eigenvalue weighted by Crippen LogP contribution is 2.39. The van der Waals surface area contributed by atoms with Crippen molar-refractivity contribution in [3.05, 3.63) is 78.3 Å². The van der Waals surface area contributed by atoms with Crippen molar-refractivity contribution < 1.29 is 9.53 Å². The number of hydrogen-bond acceptors (Lipinski definition) is 3. The van der Waals surface area contributed by atoms with Gasteiger partial charge in [0.05, 0.1) is 11.7 Å². The molecule has 1 aromatic carbocycles. The van der Waals surface area contributed by atoms with Gasteiger partial charge >= 0.3 is 6.09 Å². The number of fused-ring (bicyclic) bond motifs is 3. The number of pyridine rings is 1. The van der Waals surface area contributed by atoms with Crippen LogP contribution in [0.2, 0.25) is 0 Å². The standard InChI is InChI=1S/C22H21N3O2/c26-22(27-15-16-5-2-1-3-6-16)25-18-9-10-19(25)14-17(13-18)20-7-4-8-21-23-11-12-24(20)21/h1-8,11-13,18-19H,9-10,14-15H2. The number of carbonyl (C=O) groups is 1. The third kappa shape index (κ3) is 2.89. The molecule has 2 bridgehead atoms. The van der Waals surface area contributed by atoms with Crippen molar-refractivity contribution in [3.8, 4) is 0 Å². The van der Waals surface area contributed by atoms with Crippen molar-refractivity contribution in [1.82, 2.24) is 14.3 Å². The first kappa shape index (κ1) is 16.1. The Morgan fingerprint density at radius 3 is 2.85 bits per heavy atom. The zero-order valence-corrected chi connectivity index (χ0v) is 15.0. The maximum Gasteiger partial charge on any atom is 0.410 e. The lowest BCUT2D eigenvalue weighted by Crippen LogP contribution is -2.43. The highest BCUT2D eigenvalue weighted by molar-refractivity contribution is 5.74. The van der Waals surface area contributed by atoms with E-state index in [1.807, 2.05) is 59.8 Å². The molecule has 2 aliphatic rings. The van der Waals surface area contributed by atoms with Crippen LogP contribution in [0.5, 0.6) is 0 Å². The van der Waals surface area contributed by atoms with Crippen LogP contribution in [-0.2, 0) is 11.3 Å². The lowest BCUT2D eigenvalue weighted by Gasteiger charge is -2.33. The van der Waals surface area contributed by atoms with Crippen LogP contribution in [-0.4, -0.2) is 32.5 Å². The Labute approximate surface area is 157 Å². The SMILES string of the molecule is O=C(OCc1ccccc1)N1C2C=C(c3cccc4nccn34)CC1CC2. The number of amides is 1. The molecule has 0 N–H and O–H groups in total. The second-order valence-corrected chi connectivity index (χ2v) is 7.21. The van der Waals surface area contributed by atoms with Gasteiger partial charge in [-0.3, -0.25) is 4.90 Å². The summed E-state index contributed by atoms with van der Waals surface area (Å²) in [5, 5.41) is 0. The van der Waals surface area contributed by atoms with E-state index in [0.717, 1.165) is 30.5 Å². The number of ether oxygens (including phenoxy) is 1. The fourth-order valence-electron chi connectivity index (χ4n) is 4.31. The van der Waals surface area contributed by atoms with E-state index < -0.39 is 0 Å². The molecule has 1 saturated heterocycles. The zero-order chi connectivity index (χ0) is 18.2. The van der Waals surface area contributed by atoms with Gasteiger partial charge in [-0.15, -0.1) is 0 Å². The average Bonchev–Trinajstić information content (AvgIpc) is 3.29. The Hall–Kier alpha value is -3.08. The van der Waals surface area contributed by atoms with Crippen molar-refractivity contribution in [2.24, 2.45) is 0 Å². The fourth-order valence-corrected chi connectivity index (χ4v) is 4.31. The first-order valence-corrected chi connectivity index (χ1v) is 9.42. The topological polar surface area (TPSA) is 46.8 Å². The van der Waals surface area contributed by atoms with Gasteiger partial charge in [-0.2, -0.15) is 0 Å². The van der Waals surface area contributed by atoms with Crippen molar-refractivity contribution >= 4 is 17.3 Å².